The number of hydrogen-bond donors (Lipinski definition) is 2. The van der Waals surface area contributed by atoms with Crippen LogP contribution in [0.5, 0.6) is 5.75 Å². The second kappa shape index (κ2) is 8.17. The highest BCUT2D eigenvalue weighted by Gasteiger charge is 2.35. The summed E-state index contributed by atoms with van der Waals surface area (Å²) in [5, 5.41) is 12.8. The van der Waals surface area contributed by atoms with E-state index >= 15 is 0 Å². The van der Waals surface area contributed by atoms with Gasteiger partial charge in [0.2, 0.25) is 5.91 Å². The van der Waals surface area contributed by atoms with Gasteiger partial charge in [-0.05, 0) is 42.4 Å². The first-order chi connectivity index (χ1) is 12.2. The number of aliphatic hydroxyl groups excluding tert-OH is 1. The lowest BCUT2D eigenvalue weighted by Gasteiger charge is -2.38. The number of carbonyl (C=O) groups excluding carboxylic acids is 1. The molecule has 1 saturated carbocycles. The van der Waals surface area contributed by atoms with Crippen LogP contribution in [0.4, 0.5) is 0 Å². The van der Waals surface area contributed by atoms with E-state index in [9.17, 15) is 9.90 Å². The Morgan fingerprint density at radius 3 is 2.52 bits per heavy atom. The average molecular weight is 339 g/mol. The molecule has 132 valence electrons. The van der Waals surface area contributed by atoms with Crippen LogP contribution in [-0.2, 0) is 11.2 Å². The summed E-state index contributed by atoms with van der Waals surface area (Å²) in [6.07, 6.45) is 2.31. The first-order valence-electron chi connectivity index (χ1n) is 8.81. The lowest BCUT2D eigenvalue weighted by molar-refractivity contribution is -0.123. The van der Waals surface area contributed by atoms with Crippen LogP contribution in [0.1, 0.15) is 36.4 Å². The smallest absolute Gasteiger partial charge is 0.220 e. The number of ether oxygens (including phenoxy) is 1. The van der Waals surface area contributed by atoms with Crippen molar-refractivity contribution in [2.45, 2.75) is 37.8 Å². The summed E-state index contributed by atoms with van der Waals surface area (Å²) in [5.41, 5.74) is 2.14. The van der Waals surface area contributed by atoms with E-state index < -0.39 is 0 Å². The zero-order valence-corrected chi connectivity index (χ0v) is 14.5. The summed E-state index contributed by atoms with van der Waals surface area (Å²) in [6.45, 7) is 0. The highest BCUT2D eigenvalue weighted by atomic mass is 16.5. The Labute approximate surface area is 148 Å². The number of carbonyl (C=O) groups is 1. The molecule has 1 aliphatic carbocycles. The number of benzene rings is 2. The molecular formula is C21H25NO3. The van der Waals surface area contributed by atoms with Gasteiger partial charge in [-0.15, -0.1) is 0 Å². The molecule has 0 spiro atoms. The van der Waals surface area contributed by atoms with Gasteiger partial charge in [0.15, 0.2) is 0 Å². The monoisotopic (exact) mass is 339 g/mol. The van der Waals surface area contributed by atoms with E-state index in [4.69, 9.17) is 4.74 Å². The fourth-order valence-corrected chi connectivity index (χ4v) is 3.44. The number of para-hydroxylation sites is 1. The van der Waals surface area contributed by atoms with Crippen molar-refractivity contribution in [1.29, 1.82) is 0 Å². The summed E-state index contributed by atoms with van der Waals surface area (Å²) in [6, 6.07) is 17.8. The Bertz CT molecular complexity index is 695. The molecule has 4 nitrogen and oxygen atoms in total. The van der Waals surface area contributed by atoms with Crippen LogP contribution in [0.25, 0.3) is 0 Å². The van der Waals surface area contributed by atoms with Gasteiger partial charge in [-0.1, -0.05) is 48.5 Å². The third-order valence-corrected chi connectivity index (χ3v) is 4.91. The van der Waals surface area contributed by atoms with Crippen molar-refractivity contribution in [2.24, 2.45) is 5.92 Å². The molecule has 25 heavy (non-hydrogen) atoms. The van der Waals surface area contributed by atoms with Crippen molar-refractivity contribution in [3.05, 3.63) is 65.7 Å². The molecule has 3 rings (SSSR count). The van der Waals surface area contributed by atoms with Crippen LogP contribution in [0.3, 0.4) is 0 Å². The van der Waals surface area contributed by atoms with Crippen molar-refractivity contribution >= 4 is 5.91 Å². The van der Waals surface area contributed by atoms with Crippen molar-refractivity contribution in [3.8, 4) is 5.75 Å². The molecule has 0 radical (unpaired) electrons. The highest BCUT2D eigenvalue weighted by Crippen LogP contribution is 2.38. The van der Waals surface area contributed by atoms with Gasteiger partial charge < -0.3 is 15.2 Å². The van der Waals surface area contributed by atoms with Crippen LogP contribution < -0.4 is 10.1 Å². The van der Waals surface area contributed by atoms with Gasteiger partial charge in [0, 0.05) is 6.42 Å². The molecule has 0 heterocycles. The maximum Gasteiger partial charge on any atom is 0.220 e. The predicted octanol–water partition coefficient (Wildman–Crippen LogP) is 3.26. The predicted molar refractivity (Wildman–Crippen MR) is 97.4 cm³/mol. The molecule has 0 bridgehead atoms. The Balaban J connectivity index is 1.62. The van der Waals surface area contributed by atoms with Crippen molar-refractivity contribution < 1.29 is 14.6 Å². The molecular weight excluding hydrogens is 314 g/mol. The molecule has 1 amide bonds. The lowest BCUT2D eigenvalue weighted by Crippen LogP contribution is -2.41. The Kier molecular flexibility index (Phi) is 5.71. The van der Waals surface area contributed by atoms with Crippen LogP contribution >= 0.6 is 0 Å². The van der Waals surface area contributed by atoms with Crippen molar-refractivity contribution in [1.82, 2.24) is 5.32 Å². The Morgan fingerprint density at radius 2 is 1.84 bits per heavy atom. The summed E-state index contributed by atoms with van der Waals surface area (Å²) in [4.78, 5) is 12.5. The third kappa shape index (κ3) is 4.40. The minimum atomic E-state index is -0.235. The van der Waals surface area contributed by atoms with E-state index in [1.807, 2.05) is 54.6 Å². The minimum Gasteiger partial charge on any atom is -0.496 e. The highest BCUT2D eigenvalue weighted by molar-refractivity contribution is 5.77. The first-order valence-corrected chi connectivity index (χ1v) is 8.81. The first kappa shape index (κ1) is 17.5. The second-order valence-electron chi connectivity index (χ2n) is 6.65. The SMILES string of the molecule is COc1ccccc1CCC(=O)N[C@@H](c1ccccc1)C1CC(O)C1. The van der Waals surface area contributed by atoms with Crippen LogP contribution in [0.15, 0.2) is 54.6 Å². The van der Waals surface area contributed by atoms with Gasteiger partial charge in [0.05, 0.1) is 19.3 Å². The van der Waals surface area contributed by atoms with E-state index in [1.54, 1.807) is 7.11 Å². The van der Waals surface area contributed by atoms with E-state index in [1.165, 1.54) is 0 Å². The molecule has 2 aromatic rings. The van der Waals surface area contributed by atoms with Gasteiger partial charge in [-0.25, -0.2) is 0 Å². The van der Waals surface area contributed by atoms with Gasteiger partial charge in [0.1, 0.15) is 5.75 Å². The summed E-state index contributed by atoms with van der Waals surface area (Å²) in [7, 11) is 1.65. The fourth-order valence-electron chi connectivity index (χ4n) is 3.44. The van der Waals surface area contributed by atoms with E-state index in [0.717, 1.165) is 29.7 Å². The minimum absolute atomic E-state index is 0.0288. The van der Waals surface area contributed by atoms with E-state index in [0.29, 0.717) is 18.8 Å². The second-order valence-corrected chi connectivity index (χ2v) is 6.65. The van der Waals surface area contributed by atoms with Gasteiger partial charge in [0.25, 0.3) is 0 Å². The van der Waals surface area contributed by atoms with Crippen LogP contribution in [-0.4, -0.2) is 24.2 Å². The van der Waals surface area contributed by atoms with Crippen LogP contribution in [0, 0.1) is 5.92 Å². The number of hydrogen-bond acceptors (Lipinski definition) is 3. The Morgan fingerprint density at radius 1 is 1.16 bits per heavy atom. The Hall–Kier alpha value is -2.33. The molecule has 0 saturated heterocycles. The zero-order valence-electron chi connectivity index (χ0n) is 14.5. The molecule has 0 aliphatic heterocycles. The standard InChI is InChI=1S/C21H25NO3/c1-25-19-10-6-5-7-15(19)11-12-20(24)22-21(17-13-18(23)14-17)16-8-3-2-4-9-16/h2-10,17-18,21,23H,11-14H2,1H3,(H,22,24)/t17?,18?,21-/m0/s1. The largest absolute Gasteiger partial charge is 0.496 e. The molecule has 1 fully saturated rings. The average Bonchev–Trinajstić information content (AvgIpc) is 2.63. The van der Waals surface area contributed by atoms with Crippen molar-refractivity contribution in [2.75, 3.05) is 7.11 Å². The molecule has 2 aromatic carbocycles. The normalized spacial score (nSPS) is 20.4. The molecule has 0 unspecified atom stereocenters. The quantitative estimate of drug-likeness (QED) is 0.814. The molecule has 1 atom stereocenters. The molecule has 4 heteroatoms. The molecule has 2 N–H and O–H groups in total. The summed E-state index contributed by atoms with van der Waals surface area (Å²) < 4.78 is 5.35. The maximum absolute atomic E-state index is 12.5. The number of aliphatic hydroxyl groups is 1. The zero-order chi connectivity index (χ0) is 17.6. The van der Waals surface area contributed by atoms with Gasteiger partial charge in [-0.3, -0.25) is 4.79 Å². The number of nitrogens with one attached hydrogen (secondary N) is 1. The number of methoxy groups -OCH3 is 1. The van der Waals surface area contributed by atoms with E-state index in [-0.39, 0.29) is 18.1 Å². The fraction of sp³-hybridized carbons (Fsp3) is 0.381. The number of aryl methyl sites for hydroxylation is 1. The summed E-state index contributed by atoms with van der Waals surface area (Å²) in [5.74, 6) is 1.14. The third-order valence-electron chi connectivity index (χ3n) is 4.91. The number of amides is 1. The van der Waals surface area contributed by atoms with Crippen LogP contribution in [0.2, 0.25) is 0 Å². The number of rotatable bonds is 7. The molecule has 0 aromatic heterocycles. The summed E-state index contributed by atoms with van der Waals surface area (Å²) >= 11 is 0. The molecule has 1 aliphatic rings. The van der Waals surface area contributed by atoms with Gasteiger partial charge >= 0.3 is 0 Å². The maximum atomic E-state index is 12.5. The van der Waals surface area contributed by atoms with E-state index in [2.05, 4.69) is 5.32 Å². The lowest BCUT2D eigenvalue weighted by atomic mass is 9.75. The van der Waals surface area contributed by atoms with Gasteiger partial charge in [-0.2, -0.15) is 0 Å². The van der Waals surface area contributed by atoms with Crippen molar-refractivity contribution in [3.63, 3.8) is 0 Å². The topological polar surface area (TPSA) is 58.6 Å².